The Bertz CT molecular complexity index is 332. The average Bonchev–Trinajstić information content (AvgIpc) is 2.47. The third kappa shape index (κ3) is 1.93. The predicted octanol–water partition coefficient (Wildman–Crippen LogP) is -0.483. The Morgan fingerprint density at radius 3 is 2.79 bits per heavy atom. The minimum absolute atomic E-state index is 0.0736. The van der Waals surface area contributed by atoms with Crippen LogP contribution in [0.3, 0.4) is 0 Å². The molecule has 1 heterocycles. The largest absolute Gasteiger partial charge is 0.359 e. The van der Waals surface area contributed by atoms with Crippen molar-refractivity contribution in [1.29, 1.82) is 0 Å². The first-order valence-electron chi connectivity index (χ1n) is 4.52. The van der Waals surface area contributed by atoms with Gasteiger partial charge in [0.05, 0.1) is 17.3 Å². The number of nitrogens with one attached hydrogen (secondary N) is 1. The maximum Gasteiger partial charge on any atom is 0.230 e. The second-order valence-corrected chi connectivity index (χ2v) is 3.24. The zero-order chi connectivity index (χ0) is 10.7. The molecule has 0 spiro atoms. The van der Waals surface area contributed by atoms with Gasteiger partial charge in [-0.2, -0.15) is 5.10 Å². The molecule has 1 rings (SSSR count). The summed E-state index contributed by atoms with van der Waals surface area (Å²) in [5.41, 5.74) is 7.30. The Hall–Kier alpha value is -1.36. The van der Waals surface area contributed by atoms with E-state index in [0.29, 0.717) is 6.54 Å². The monoisotopic (exact) mass is 196 g/mol. The molecular formula is C9H16N4O. The van der Waals surface area contributed by atoms with Crippen molar-refractivity contribution < 1.29 is 4.79 Å². The van der Waals surface area contributed by atoms with Gasteiger partial charge in [-0.3, -0.25) is 9.48 Å². The molecule has 0 radical (unpaired) electrons. The number of carbonyl (C=O) groups excluding carboxylic acids is 1. The van der Waals surface area contributed by atoms with Crippen LogP contribution in [0.15, 0.2) is 6.07 Å². The smallest absolute Gasteiger partial charge is 0.230 e. The van der Waals surface area contributed by atoms with Crippen LogP contribution in [0.2, 0.25) is 0 Å². The highest BCUT2D eigenvalue weighted by atomic mass is 16.1. The number of amides is 1. The normalized spacial score (nSPS) is 12.6. The highest BCUT2D eigenvalue weighted by molar-refractivity contribution is 5.83. The zero-order valence-corrected chi connectivity index (χ0v) is 8.74. The summed E-state index contributed by atoms with van der Waals surface area (Å²) in [6, 6.07) is 1.88. The minimum Gasteiger partial charge on any atom is -0.359 e. The highest BCUT2D eigenvalue weighted by Gasteiger charge is 2.21. The molecular weight excluding hydrogens is 180 g/mol. The fourth-order valence-corrected chi connectivity index (χ4v) is 1.49. The number of nitrogens with zero attached hydrogens (tertiary/aromatic N) is 2. The summed E-state index contributed by atoms with van der Waals surface area (Å²) in [5, 5.41) is 6.77. The first-order chi connectivity index (χ1) is 6.60. The number of hydrogen-bond donors (Lipinski definition) is 2. The van der Waals surface area contributed by atoms with Crippen molar-refractivity contribution in [1.82, 2.24) is 15.1 Å². The molecule has 1 aromatic rings. The lowest BCUT2D eigenvalue weighted by Crippen LogP contribution is -2.32. The van der Waals surface area contributed by atoms with E-state index in [9.17, 15) is 4.79 Å². The average molecular weight is 196 g/mol. The third-order valence-electron chi connectivity index (χ3n) is 2.19. The van der Waals surface area contributed by atoms with Crippen LogP contribution < -0.4 is 11.1 Å². The van der Waals surface area contributed by atoms with Gasteiger partial charge in [0.1, 0.15) is 0 Å². The SMILES string of the molecule is CNC(=O)C(CN)c1cc(C)nn1C. The molecule has 0 aliphatic carbocycles. The summed E-state index contributed by atoms with van der Waals surface area (Å²) in [7, 11) is 3.42. The fourth-order valence-electron chi connectivity index (χ4n) is 1.49. The lowest BCUT2D eigenvalue weighted by Gasteiger charge is -2.12. The molecule has 1 atom stereocenters. The Morgan fingerprint density at radius 1 is 1.79 bits per heavy atom. The fraction of sp³-hybridized carbons (Fsp3) is 0.556. The van der Waals surface area contributed by atoms with E-state index in [2.05, 4.69) is 10.4 Å². The maximum atomic E-state index is 11.5. The molecule has 0 saturated heterocycles. The second-order valence-electron chi connectivity index (χ2n) is 3.24. The van der Waals surface area contributed by atoms with Gasteiger partial charge in [-0.15, -0.1) is 0 Å². The Kier molecular flexibility index (Phi) is 3.24. The molecule has 0 aliphatic heterocycles. The summed E-state index contributed by atoms with van der Waals surface area (Å²) >= 11 is 0. The Morgan fingerprint density at radius 2 is 2.43 bits per heavy atom. The van der Waals surface area contributed by atoms with E-state index in [1.54, 1.807) is 11.7 Å². The summed E-state index contributed by atoms with van der Waals surface area (Å²) in [6.07, 6.45) is 0. The zero-order valence-electron chi connectivity index (χ0n) is 8.74. The van der Waals surface area contributed by atoms with Crippen molar-refractivity contribution in [2.24, 2.45) is 12.8 Å². The summed E-state index contributed by atoms with van der Waals surface area (Å²) in [4.78, 5) is 11.5. The standard InChI is InChI=1S/C9H16N4O/c1-6-4-8(13(3)12-6)7(5-10)9(14)11-2/h4,7H,5,10H2,1-3H3,(H,11,14). The third-order valence-corrected chi connectivity index (χ3v) is 2.19. The Balaban J connectivity index is 3.00. The van der Waals surface area contributed by atoms with Gasteiger partial charge in [0.15, 0.2) is 0 Å². The van der Waals surface area contributed by atoms with Gasteiger partial charge in [0, 0.05) is 20.6 Å². The van der Waals surface area contributed by atoms with Gasteiger partial charge < -0.3 is 11.1 Å². The Labute approximate surface area is 83.3 Å². The first kappa shape index (κ1) is 10.7. The topological polar surface area (TPSA) is 72.9 Å². The van der Waals surface area contributed by atoms with Crippen LogP contribution in [0.1, 0.15) is 17.3 Å². The van der Waals surface area contributed by atoms with Crippen molar-refractivity contribution in [3.8, 4) is 0 Å². The molecule has 5 nitrogen and oxygen atoms in total. The number of likely N-dealkylation sites (N-methyl/N-ethyl adjacent to an activating group) is 1. The lowest BCUT2D eigenvalue weighted by atomic mass is 10.0. The number of hydrogen-bond acceptors (Lipinski definition) is 3. The molecule has 1 aromatic heterocycles. The molecule has 0 aliphatic rings. The molecule has 0 fully saturated rings. The molecule has 3 N–H and O–H groups in total. The van der Waals surface area contributed by atoms with Crippen LogP contribution in [0.5, 0.6) is 0 Å². The summed E-state index contributed by atoms with van der Waals surface area (Å²) in [5.74, 6) is -0.387. The second kappa shape index (κ2) is 4.23. The highest BCUT2D eigenvalue weighted by Crippen LogP contribution is 2.14. The van der Waals surface area contributed by atoms with E-state index in [1.807, 2.05) is 20.0 Å². The van der Waals surface area contributed by atoms with Crippen molar-refractivity contribution >= 4 is 5.91 Å². The van der Waals surface area contributed by atoms with Gasteiger partial charge in [0.25, 0.3) is 0 Å². The maximum absolute atomic E-state index is 11.5. The van der Waals surface area contributed by atoms with Gasteiger partial charge in [-0.05, 0) is 13.0 Å². The van der Waals surface area contributed by atoms with E-state index in [1.165, 1.54) is 0 Å². The molecule has 5 heteroatoms. The molecule has 0 bridgehead atoms. The van der Waals surface area contributed by atoms with Crippen molar-refractivity contribution in [2.75, 3.05) is 13.6 Å². The van der Waals surface area contributed by atoms with Crippen LogP contribution in [-0.2, 0) is 11.8 Å². The predicted molar refractivity (Wildman–Crippen MR) is 53.8 cm³/mol. The lowest BCUT2D eigenvalue weighted by molar-refractivity contribution is -0.122. The molecule has 78 valence electrons. The number of nitrogens with two attached hydrogens (primary N) is 1. The van der Waals surface area contributed by atoms with E-state index >= 15 is 0 Å². The van der Waals surface area contributed by atoms with Crippen LogP contribution in [0, 0.1) is 6.92 Å². The number of carbonyl (C=O) groups is 1. The van der Waals surface area contributed by atoms with Crippen molar-refractivity contribution in [3.63, 3.8) is 0 Å². The molecule has 1 unspecified atom stereocenters. The number of rotatable bonds is 3. The molecule has 1 amide bonds. The number of aromatic nitrogens is 2. The van der Waals surface area contributed by atoms with Crippen LogP contribution in [0.25, 0.3) is 0 Å². The summed E-state index contributed by atoms with van der Waals surface area (Å²) in [6.45, 7) is 2.18. The number of aryl methyl sites for hydroxylation is 2. The minimum atomic E-state index is -0.314. The van der Waals surface area contributed by atoms with E-state index < -0.39 is 0 Å². The molecule has 14 heavy (non-hydrogen) atoms. The van der Waals surface area contributed by atoms with Gasteiger partial charge in [-0.25, -0.2) is 0 Å². The van der Waals surface area contributed by atoms with Gasteiger partial charge in [0.2, 0.25) is 5.91 Å². The van der Waals surface area contributed by atoms with Crippen molar-refractivity contribution in [3.05, 3.63) is 17.5 Å². The van der Waals surface area contributed by atoms with Gasteiger partial charge in [-0.1, -0.05) is 0 Å². The summed E-state index contributed by atoms with van der Waals surface area (Å²) < 4.78 is 1.70. The quantitative estimate of drug-likeness (QED) is 0.685. The first-order valence-corrected chi connectivity index (χ1v) is 4.52. The van der Waals surface area contributed by atoms with E-state index in [4.69, 9.17) is 5.73 Å². The van der Waals surface area contributed by atoms with Crippen LogP contribution in [0.4, 0.5) is 0 Å². The molecule has 0 saturated carbocycles. The van der Waals surface area contributed by atoms with E-state index in [0.717, 1.165) is 11.4 Å². The van der Waals surface area contributed by atoms with Crippen LogP contribution >= 0.6 is 0 Å². The molecule has 0 aromatic carbocycles. The van der Waals surface area contributed by atoms with Gasteiger partial charge >= 0.3 is 0 Å². The van der Waals surface area contributed by atoms with Crippen molar-refractivity contribution in [2.45, 2.75) is 12.8 Å². The van der Waals surface area contributed by atoms with E-state index in [-0.39, 0.29) is 11.8 Å². The van der Waals surface area contributed by atoms with Crippen LogP contribution in [-0.4, -0.2) is 29.3 Å².